The SMILES string of the molecule is CNCCCCCCN1C(=O)c2ccccc2C1=O. The smallest absolute Gasteiger partial charge is 0.261 e. The molecule has 0 unspecified atom stereocenters. The number of hydrogen-bond acceptors (Lipinski definition) is 3. The fourth-order valence-electron chi connectivity index (χ4n) is 2.37. The Bertz CT molecular complexity index is 436. The number of imide groups is 1. The fourth-order valence-corrected chi connectivity index (χ4v) is 2.37. The summed E-state index contributed by atoms with van der Waals surface area (Å²) in [5, 5.41) is 3.11. The lowest BCUT2D eigenvalue weighted by Crippen LogP contribution is -2.30. The molecule has 0 bridgehead atoms. The van der Waals surface area contributed by atoms with Gasteiger partial charge in [0, 0.05) is 6.54 Å². The first-order chi connectivity index (χ1) is 9.25. The molecule has 1 N–H and O–H groups in total. The molecule has 2 amide bonds. The zero-order valence-electron chi connectivity index (χ0n) is 11.3. The van der Waals surface area contributed by atoms with Crippen LogP contribution < -0.4 is 5.32 Å². The van der Waals surface area contributed by atoms with E-state index in [1.807, 2.05) is 7.05 Å². The van der Waals surface area contributed by atoms with Crippen LogP contribution in [-0.4, -0.2) is 36.9 Å². The highest BCUT2D eigenvalue weighted by Gasteiger charge is 2.34. The van der Waals surface area contributed by atoms with Crippen LogP contribution >= 0.6 is 0 Å². The number of nitrogens with zero attached hydrogens (tertiary/aromatic N) is 1. The second-order valence-corrected chi connectivity index (χ2v) is 4.83. The monoisotopic (exact) mass is 260 g/mol. The Morgan fingerprint density at radius 3 is 2.11 bits per heavy atom. The van der Waals surface area contributed by atoms with Gasteiger partial charge in [-0.1, -0.05) is 25.0 Å². The average Bonchev–Trinajstić information content (AvgIpc) is 2.68. The van der Waals surface area contributed by atoms with Crippen molar-refractivity contribution in [3.8, 4) is 0 Å². The van der Waals surface area contributed by atoms with Crippen LogP contribution in [0.25, 0.3) is 0 Å². The highest BCUT2D eigenvalue weighted by Crippen LogP contribution is 2.22. The van der Waals surface area contributed by atoms with E-state index in [9.17, 15) is 9.59 Å². The quantitative estimate of drug-likeness (QED) is 0.603. The first-order valence-electron chi connectivity index (χ1n) is 6.85. The largest absolute Gasteiger partial charge is 0.320 e. The second-order valence-electron chi connectivity index (χ2n) is 4.83. The minimum absolute atomic E-state index is 0.143. The molecule has 0 saturated heterocycles. The number of benzene rings is 1. The van der Waals surface area contributed by atoms with Gasteiger partial charge in [-0.05, 0) is 38.6 Å². The van der Waals surface area contributed by atoms with Crippen LogP contribution in [0.3, 0.4) is 0 Å². The Morgan fingerprint density at radius 2 is 1.53 bits per heavy atom. The molecule has 0 spiro atoms. The van der Waals surface area contributed by atoms with Crippen LogP contribution in [0.2, 0.25) is 0 Å². The first-order valence-corrected chi connectivity index (χ1v) is 6.85. The first kappa shape index (κ1) is 13.7. The van der Waals surface area contributed by atoms with E-state index in [-0.39, 0.29) is 11.8 Å². The maximum Gasteiger partial charge on any atom is 0.261 e. The second kappa shape index (κ2) is 6.48. The number of fused-ring (bicyclic) bond motifs is 1. The molecule has 0 radical (unpaired) electrons. The molecule has 1 aromatic rings. The van der Waals surface area contributed by atoms with Crippen LogP contribution in [-0.2, 0) is 0 Å². The third-order valence-electron chi connectivity index (χ3n) is 3.44. The van der Waals surface area contributed by atoms with Crippen LogP contribution in [0.4, 0.5) is 0 Å². The predicted molar refractivity (Wildman–Crippen MR) is 74.2 cm³/mol. The lowest BCUT2D eigenvalue weighted by molar-refractivity contribution is 0.0651. The molecule has 19 heavy (non-hydrogen) atoms. The molecule has 0 aromatic heterocycles. The topological polar surface area (TPSA) is 49.4 Å². The molecular weight excluding hydrogens is 240 g/mol. The maximum absolute atomic E-state index is 12.1. The number of unbranched alkanes of at least 4 members (excludes halogenated alkanes) is 3. The number of carbonyl (C=O) groups is 2. The molecule has 1 heterocycles. The molecule has 2 rings (SSSR count). The van der Waals surface area contributed by atoms with Gasteiger partial charge in [-0.15, -0.1) is 0 Å². The molecule has 102 valence electrons. The number of carbonyl (C=O) groups excluding carboxylic acids is 2. The molecule has 0 saturated carbocycles. The normalized spacial score (nSPS) is 14.1. The summed E-state index contributed by atoms with van der Waals surface area (Å²) in [5.41, 5.74) is 1.09. The van der Waals surface area contributed by atoms with Crippen LogP contribution in [0, 0.1) is 0 Å². The van der Waals surface area contributed by atoms with Crippen molar-refractivity contribution in [2.75, 3.05) is 20.1 Å². The lowest BCUT2D eigenvalue weighted by atomic mass is 10.1. The fraction of sp³-hybridized carbons (Fsp3) is 0.467. The average molecular weight is 260 g/mol. The third-order valence-corrected chi connectivity index (χ3v) is 3.44. The highest BCUT2D eigenvalue weighted by atomic mass is 16.2. The minimum Gasteiger partial charge on any atom is -0.320 e. The van der Waals surface area contributed by atoms with Crippen molar-refractivity contribution in [1.82, 2.24) is 10.2 Å². The summed E-state index contributed by atoms with van der Waals surface area (Å²) in [6.45, 7) is 1.55. The highest BCUT2D eigenvalue weighted by molar-refractivity contribution is 6.21. The molecule has 0 atom stereocenters. The Balaban J connectivity index is 1.83. The number of nitrogens with one attached hydrogen (secondary N) is 1. The Hall–Kier alpha value is -1.68. The van der Waals surface area contributed by atoms with Gasteiger partial charge >= 0.3 is 0 Å². The third kappa shape index (κ3) is 3.01. The molecule has 1 aliphatic heterocycles. The summed E-state index contributed by atoms with van der Waals surface area (Å²) in [5.74, 6) is -0.286. The van der Waals surface area contributed by atoms with Gasteiger partial charge in [0.1, 0.15) is 0 Å². The molecule has 0 aliphatic carbocycles. The van der Waals surface area contributed by atoms with E-state index in [0.29, 0.717) is 17.7 Å². The van der Waals surface area contributed by atoms with E-state index in [0.717, 1.165) is 32.2 Å². The summed E-state index contributed by atoms with van der Waals surface area (Å²) in [4.78, 5) is 25.5. The molecular formula is C15H20N2O2. The van der Waals surface area contributed by atoms with Crippen LogP contribution in [0.15, 0.2) is 24.3 Å². The number of hydrogen-bond donors (Lipinski definition) is 1. The van der Waals surface area contributed by atoms with Crippen molar-refractivity contribution in [3.05, 3.63) is 35.4 Å². The number of amides is 2. The Morgan fingerprint density at radius 1 is 0.947 bits per heavy atom. The van der Waals surface area contributed by atoms with Gasteiger partial charge in [-0.3, -0.25) is 14.5 Å². The summed E-state index contributed by atoms with van der Waals surface area (Å²) in [6.07, 6.45) is 4.20. The van der Waals surface area contributed by atoms with Gasteiger partial charge in [0.2, 0.25) is 0 Å². The van der Waals surface area contributed by atoms with Gasteiger partial charge in [0.05, 0.1) is 11.1 Å². The van der Waals surface area contributed by atoms with E-state index >= 15 is 0 Å². The summed E-state index contributed by atoms with van der Waals surface area (Å²) >= 11 is 0. The molecule has 4 nitrogen and oxygen atoms in total. The van der Waals surface area contributed by atoms with Gasteiger partial charge in [-0.25, -0.2) is 0 Å². The Kier molecular flexibility index (Phi) is 4.68. The molecule has 1 aromatic carbocycles. The van der Waals surface area contributed by atoms with Crippen molar-refractivity contribution in [3.63, 3.8) is 0 Å². The molecule has 0 fully saturated rings. The van der Waals surface area contributed by atoms with Crippen molar-refractivity contribution in [2.45, 2.75) is 25.7 Å². The summed E-state index contributed by atoms with van der Waals surface area (Å²) in [7, 11) is 1.94. The number of rotatable bonds is 7. The minimum atomic E-state index is -0.143. The maximum atomic E-state index is 12.1. The van der Waals surface area contributed by atoms with Crippen molar-refractivity contribution in [1.29, 1.82) is 0 Å². The van der Waals surface area contributed by atoms with Gasteiger partial charge < -0.3 is 5.32 Å². The van der Waals surface area contributed by atoms with Gasteiger partial charge in [-0.2, -0.15) is 0 Å². The van der Waals surface area contributed by atoms with E-state index in [4.69, 9.17) is 0 Å². The van der Waals surface area contributed by atoms with Crippen molar-refractivity contribution >= 4 is 11.8 Å². The van der Waals surface area contributed by atoms with Gasteiger partial charge in [0.15, 0.2) is 0 Å². The van der Waals surface area contributed by atoms with E-state index < -0.39 is 0 Å². The van der Waals surface area contributed by atoms with E-state index in [1.165, 1.54) is 4.90 Å². The predicted octanol–water partition coefficient (Wildman–Crippen LogP) is 2.06. The molecule has 1 aliphatic rings. The summed E-state index contributed by atoms with van der Waals surface area (Å²) in [6, 6.07) is 7.04. The van der Waals surface area contributed by atoms with Crippen LogP contribution in [0.1, 0.15) is 46.4 Å². The van der Waals surface area contributed by atoms with E-state index in [1.54, 1.807) is 24.3 Å². The van der Waals surface area contributed by atoms with E-state index in [2.05, 4.69) is 5.32 Å². The van der Waals surface area contributed by atoms with Crippen molar-refractivity contribution in [2.24, 2.45) is 0 Å². The lowest BCUT2D eigenvalue weighted by Gasteiger charge is -2.13. The van der Waals surface area contributed by atoms with Crippen molar-refractivity contribution < 1.29 is 9.59 Å². The zero-order chi connectivity index (χ0) is 13.7. The van der Waals surface area contributed by atoms with Gasteiger partial charge in [0.25, 0.3) is 11.8 Å². The van der Waals surface area contributed by atoms with Crippen LogP contribution in [0.5, 0.6) is 0 Å². The Labute approximate surface area is 113 Å². The zero-order valence-corrected chi connectivity index (χ0v) is 11.3. The molecule has 4 heteroatoms. The summed E-state index contributed by atoms with van der Waals surface area (Å²) < 4.78 is 0. The standard InChI is InChI=1S/C15H20N2O2/c1-16-10-6-2-3-7-11-17-14(18)12-8-4-5-9-13(12)15(17)19/h4-5,8-9,16H,2-3,6-7,10-11H2,1H3.